The number of nitrogens with zero attached hydrogens (tertiary/aromatic N) is 2. The van der Waals surface area contributed by atoms with E-state index in [1.807, 2.05) is 6.92 Å². The van der Waals surface area contributed by atoms with Gasteiger partial charge >= 0.3 is 6.03 Å². The van der Waals surface area contributed by atoms with Crippen LogP contribution < -0.4 is 4.90 Å². The Bertz CT molecular complexity index is 810. The zero-order valence-corrected chi connectivity index (χ0v) is 15.2. The summed E-state index contributed by atoms with van der Waals surface area (Å²) in [5, 5.41) is 0.488. The maximum atomic E-state index is 13.2. The average Bonchev–Trinajstić information content (AvgIpc) is 2.92. The first-order valence-corrected chi connectivity index (χ1v) is 9.00. The summed E-state index contributed by atoms with van der Waals surface area (Å²) in [4.78, 5) is 28.7. The summed E-state index contributed by atoms with van der Waals surface area (Å²) in [6.07, 6.45) is 1.70. The molecule has 136 valence electrons. The summed E-state index contributed by atoms with van der Waals surface area (Å²) in [6.45, 7) is 2.53. The van der Waals surface area contributed by atoms with Crippen molar-refractivity contribution in [1.29, 1.82) is 0 Å². The Morgan fingerprint density at radius 2 is 1.96 bits per heavy atom. The monoisotopic (exact) mass is 374 g/mol. The molecular formula is C20H20ClFN2O2. The van der Waals surface area contributed by atoms with Gasteiger partial charge in [-0.25, -0.2) is 9.18 Å². The molecule has 1 heterocycles. The van der Waals surface area contributed by atoms with Gasteiger partial charge in [0.05, 0.1) is 12.6 Å². The second-order valence-corrected chi connectivity index (χ2v) is 6.81. The molecule has 4 nitrogen and oxygen atoms in total. The minimum absolute atomic E-state index is 0.00152. The van der Waals surface area contributed by atoms with Gasteiger partial charge in [-0.15, -0.1) is 0 Å². The zero-order chi connectivity index (χ0) is 18.7. The molecule has 2 aromatic carbocycles. The number of amides is 2. The summed E-state index contributed by atoms with van der Waals surface area (Å²) in [5.41, 5.74) is 1.12. The molecule has 0 N–H and O–H groups in total. The highest BCUT2D eigenvalue weighted by molar-refractivity contribution is 6.31. The Morgan fingerprint density at radius 3 is 2.62 bits per heavy atom. The zero-order valence-electron chi connectivity index (χ0n) is 14.5. The lowest BCUT2D eigenvalue weighted by atomic mass is 10.1. The average molecular weight is 375 g/mol. The van der Waals surface area contributed by atoms with Gasteiger partial charge in [-0.2, -0.15) is 0 Å². The summed E-state index contributed by atoms with van der Waals surface area (Å²) in [6, 6.07) is 12.3. The molecule has 2 amide bonds. The first-order valence-electron chi connectivity index (χ1n) is 8.62. The third kappa shape index (κ3) is 3.88. The molecule has 2 aromatic rings. The van der Waals surface area contributed by atoms with E-state index in [2.05, 4.69) is 0 Å². The quantitative estimate of drug-likeness (QED) is 0.683. The Balaban J connectivity index is 1.80. The minimum Gasteiger partial charge on any atom is -0.312 e. The van der Waals surface area contributed by atoms with Crippen molar-refractivity contribution in [3.63, 3.8) is 0 Å². The third-order valence-corrected chi connectivity index (χ3v) is 4.77. The Labute approximate surface area is 157 Å². The van der Waals surface area contributed by atoms with Crippen LogP contribution in [0.4, 0.5) is 14.9 Å². The van der Waals surface area contributed by atoms with E-state index in [4.69, 9.17) is 11.6 Å². The van der Waals surface area contributed by atoms with Gasteiger partial charge in [-0.1, -0.05) is 37.1 Å². The second kappa shape index (κ2) is 7.87. The number of carbonyl (C=O) groups excluding carboxylic acids is 2. The van der Waals surface area contributed by atoms with Gasteiger partial charge in [0.2, 0.25) is 0 Å². The van der Waals surface area contributed by atoms with Crippen LogP contribution in [-0.2, 0) is 0 Å². The van der Waals surface area contributed by atoms with Crippen molar-refractivity contribution < 1.29 is 14.0 Å². The number of rotatable bonds is 6. The van der Waals surface area contributed by atoms with E-state index in [0.717, 1.165) is 12.8 Å². The number of anilines is 1. The van der Waals surface area contributed by atoms with E-state index in [-0.39, 0.29) is 30.2 Å². The molecule has 0 radical (unpaired) electrons. The smallest absolute Gasteiger partial charge is 0.312 e. The van der Waals surface area contributed by atoms with Crippen molar-refractivity contribution in [2.75, 3.05) is 18.0 Å². The van der Waals surface area contributed by atoms with Crippen molar-refractivity contribution in [2.24, 2.45) is 0 Å². The number of ketones is 1. The maximum Gasteiger partial charge on any atom is 0.325 e. The molecule has 26 heavy (non-hydrogen) atoms. The van der Waals surface area contributed by atoms with Gasteiger partial charge < -0.3 is 4.90 Å². The number of hydrogen-bond acceptors (Lipinski definition) is 2. The molecule has 0 aliphatic carbocycles. The normalized spacial score (nSPS) is 17.0. The number of hydrogen-bond donors (Lipinski definition) is 0. The highest BCUT2D eigenvalue weighted by Crippen LogP contribution is 2.26. The Morgan fingerprint density at radius 1 is 1.23 bits per heavy atom. The third-order valence-electron chi connectivity index (χ3n) is 4.53. The summed E-state index contributed by atoms with van der Waals surface area (Å²) >= 11 is 5.96. The van der Waals surface area contributed by atoms with E-state index < -0.39 is 0 Å². The van der Waals surface area contributed by atoms with Crippen molar-refractivity contribution in [3.05, 3.63) is 64.9 Å². The van der Waals surface area contributed by atoms with Crippen LogP contribution in [-0.4, -0.2) is 35.8 Å². The lowest BCUT2D eigenvalue weighted by Gasteiger charge is -2.22. The first kappa shape index (κ1) is 18.4. The van der Waals surface area contributed by atoms with Crippen LogP contribution in [0.3, 0.4) is 0 Å². The molecule has 3 rings (SSSR count). The van der Waals surface area contributed by atoms with E-state index in [0.29, 0.717) is 22.8 Å². The van der Waals surface area contributed by atoms with Crippen LogP contribution in [0.25, 0.3) is 0 Å². The van der Waals surface area contributed by atoms with Crippen LogP contribution in [0.2, 0.25) is 5.02 Å². The van der Waals surface area contributed by atoms with Gasteiger partial charge in [0.15, 0.2) is 5.78 Å². The van der Waals surface area contributed by atoms with Crippen molar-refractivity contribution in [3.8, 4) is 0 Å². The number of benzene rings is 2. The topological polar surface area (TPSA) is 40.6 Å². The fourth-order valence-corrected chi connectivity index (χ4v) is 3.41. The Hall–Kier alpha value is -2.40. The van der Waals surface area contributed by atoms with E-state index in [1.54, 1.807) is 46.2 Å². The largest absolute Gasteiger partial charge is 0.325 e. The van der Waals surface area contributed by atoms with Crippen LogP contribution in [0, 0.1) is 5.82 Å². The molecule has 1 aliphatic rings. The number of halogens is 2. The van der Waals surface area contributed by atoms with Gasteiger partial charge in [-0.05, 0) is 42.8 Å². The van der Waals surface area contributed by atoms with Crippen LogP contribution in [0.5, 0.6) is 0 Å². The van der Waals surface area contributed by atoms with Crippen molar-refractivity contribution in [1.82, 2.24) is 4.90 Å². The van der Waals surface area contributed by atoms with Gasteiger partial charge in [0, 0.05) is 22.8 Å². The summed E-state index contributed by atoms with van der Waals surface area (Å²) in [5.74, 6) is -0.499. The van der Waals surface area contributed by atoms with E-state index in [9.17, 15) is 14.0 Å². The maximum absolute atomic E-state index is 13.2. The second-order valence-electron chi connectivity index (χ2n) is 6.37. The lowest BCUT2D eigenvalue weighted by Crippen LogP contribution is -2.39. The fraction of sp³-hybridized carbons (Fsp3) is 0.300. The lowest BCUT2D eigenvalue weighted by molar-refractivity contribution is 0.0935. The van der Waals surface area contributed by atoms with E-state index in [1.165, 1.54) is 12.1 Å². The van der Waals surface area contributed by atoms with Crippen LogP contribution in [0.15, 0.2) is 48.5 Å². The predicted octanol–water partition coefficient (Wildman–Crippen LogP) is 4.77. The van der Waals surface area contributed by atoms with Crippen molar-refractivity contribution in [2.45, 2.75) is 25.8 Å². The van der Waals surface area contributed by atoms with E-state index >= 15 is 0 Å². The SMILES string of the molecule is CCC[C@H]1CN(c2ccc(F)cc2)C(=O)N1CC(=O)c1cccc(Cl)c1. The summed E-state index contributed by atoms with van der Waals surface area (Å²) in [7, 11) is 0. The highest BCUT2D eigenvalue weighted by Gasteiger charge is 2.38. The standard InChI is InChI=1S/C20H20ClFN2O2/c1-2-4-18-12-23(17-9-7-16(22)8-10-17)20(26)24(18)13-19(25)14-5-3-6-15(21)11-14/h3,5-11,18H,2,4,12-13H2,1H3/t18-/m0/s1. The molecule has 1 saturated heterocycles. The molecule has 1 fully saturated rings. The summed E-state index contributed by atoms with van der Waals surface area (Å²) < 4.78 is 13.2. The molecule has 6 heteroatoms. The number of urea groups is 1. The molecule has 0 saturated carbocycles. The van der Waals surface area contributed by atoms with Crippen molar-refractivity contribution >= 4 is 29.1 Å². The highest BCUT2D eigenvalue weighted by atomic mass is 35.5. The predicted molar refractivity (Wildman–Crippen MR) is 100 cm³/mol. The minimum atomic E-state index is -0.349. The molecular weight excluding hydrogens is 355 g/mol. The van der Waals surface area contributed by atoms with Gasteiger partial charge in [0.25, 0.3) is 0 Å². The Kier molecular flexibility index (Phi) is 5.57. The van der Waals surface area contributed by atoms with Gasteiger partial charge in [0.1, 0.15) is 5.82 Å². The molecule has 0 aromatic heterocycles. The number of carbonyl (C=O) groups is 2. The molecule has 1 aliphatic heterocycles. The van der Waals surface area contributed by atoms with Crippen LogP contribution >= 0.6 is 11.6 Å². The number of Topliss-reactive ketones (excluding diaryl/α,β-unsaturated/α-hetero) is 1. The van der Waals surface area contributed by atoms with Gasteiger partial charge in [-0.3, -0.25) is 9.69 Å². The molecule has 0 unspecified atom stereocenters. The molecule has 1 atom stereocenters. The van der Waals surface area contributed by atoms with Crippen LogP contribution in [0.1, 0.15) is 30.1 Å². The fourth-order valence-electron chi connectivity index (χ4n) is 3.22. The molecule has 0 bridgehead atoms. The molecule has 0 spiro atoms. The first-order chi connectivity index (χ1) is 12.5.